The van der Waals surface area contributed by atoms with E-state index in [2.05, 4.69) is 28.4 Å². The van der Waals surface area contributed by atoms with Crippen molar-refractivity contribution in [1.29, 1.82) is 0 Å². The summed E-state index contributed by atoms with van der Waals surface area (Å²) >= 11 is 0. The van der Waals surface area contributed by atoms with Crippen molar-refractivity contribution >= 4 is 5.91 Å². The standard InChI is InChI=1S/C15H24N4O/c1-3-13-15(7-5-14(20)17-15)6-4-8-19(13)11-12-9-16-18(2)10-12/h9-10,13H,3-8,11H2,1-2H3,(H,17,20)/t13-,15-/m1/s1. The van der Waals surface area contributed by atoms with Gasteiger partial charge in [-0.1, -0.05) is 6.92 Å². The quantitative estimate of drug-likeness (QED) is 0.909. The van der Waals surface area contributed by atoms with Crippen LogP contribution in [0.2, 0.25) is 0 Å². The highest BCUT2D eigenvalue weighted by atomic mass is 16.2. The maximum atomic E-state index is 11.7. The smallest absolute Gasteiger partial charge is 0.220 e. The van der Waals surface area contributed by atoms with Gasteiger partial charge in [0.15, 0.2) is 0 Å². The summed E-state index contributed by atoms with van der Waals surface area (Å²) in [6.07, 6.45) is 9.09. The van der Waals surface area contributed by atoms with Gasteiger partial charge in [-0.25, -0.2) is 0 Å². The van der Waals surface area contributed by atoms with Crippen LogP contribution in [0.4, 0.5) is 0 Å². The maximum absolute atomic E-state index is 11.7. The molecule has 20 heavy (non-hydrogen) atoms. The Morgan fingerprint density at radius 2 is 2.35 bits per heavy atom. The highest BCUT2D eigenvalue weighted by Gasteiger charge is 2.47. The number of carbonyl (C=O) groups is 1. The van der Waals surface area contributed by atoms with Crippen LogP contribution in [0.25, 0.3) is 0 Å². The average molecular weight is 276 g/mol. The highest BCUT2D eigenvalue weighted by molar-refractivity contribution is 5.79. The van der Waals surface area contributed by atoms with Crippen LogP contribution in [0.5, 0.6) is 0 Å². The summed E-state index contributed by atoms with van der Waals surface area (Å²) in [5.74, 6) is 0.228. The Balaban J connectivity index is 1.78. The molecule has 5 heteroatoms. The highest BCUT2D eigenvalue weighted by Crippen LogP contribution is 2.37. The number of carbonyl (C=O) groups excluding carboxylic acids is 1. The van der Waals surface area contributed by atoms with Gasteiger partial charge in [-0.2, -0.15) is 5.10 Å². The zero-order valence-electron chi connectivity index (χ0n) is 12.4. The molecule has 3 rings (SSSR count). The largest absolute Gasteiger partial charge is 0.349 e. The number of amides is 1. The molecule has 0 saturated carbocycles. The summed E-state index contributed by atoms with van der Waals surface area (Å²) in [5.41, 5.74) is 1.28. The molecule has 2 aliphatic heterocycles. The molecule has 3 heterocycles. The van der Waals surface area contributed by atoms with Gasteiger partial charge in [0.05, 0.1) is 11.7 Å². The third-order valence-electron chi connectivity index (χ3n) is 4.86. The van der Waals surface area contributed by atoms with E-state index < -0.39 is 0 Å². The summed E-state index contributed by atoms with van der Waals surface area (Å²) in [4.78, 5) is 14.2. The number of nitrogens with zero attached hydrogens (tertiary/aromatic N) is 3. The number of piperidine rings is 1. The molecule has 2 aliphatic rings. The summed E-state index contributed by atoms with van der Waals surface area (Å²) in [6, 6.07) is 0.447. The van der Waals surface area contributed by atoms with Crippen molar-refractivity contribution in [2.45, 2.75) is 57.2 Å². The number of hydrogen-bond donors (Lipinski definition) is 1. The monoisotopic (exact) mass is 276 g/mol. The second-order valence-corrected chi connectivity index (χ2v) is 6.22. The van der Waals surface area contributed by atoms with Crippen LogP contribution in [0, 0.1) is 0 Å². The van der Waals surface area contributed by atoms with E-state index in [9.17, 15) is 4.79 Å². The third kappa shape index (κ3) is 2.35. The van der Waals surface area contributed by atoms with Crippen molar-refractivity contribution in [3.63, 3.8) is 0 Å². The van der Waals surface area contributed by atoms with Crippen molar-refractivity contribution < 1.29 is 4.79 Å². The Hall–Kier alpha value is -1.36. The van der Waals surface area contributed by atoms with Crippen molar-refractivity contribution in [1.82, 2.24) is 20.0 Å². The Labute approximate surface area is 120 Å². The molecule has 2 saturated heterocycles. The summed E-state index contributed by atoms with van der Waals surface area (Å²) in [5, 5.41) is 7.54. The normalized spacial score (nSPS) is 30.9. The lowest BCUT2D eigenvalue weighted by molar-refractivity contribution is -0.120. The second-order valence-electron chi connectivity index (χ2n) is 6.22. The molecule has 2 fully saturated rings. The predicted octanol–water partition coefficient (Wildman–Crippen LogP) is 1.44. The molecule has 5 nitrogen and oxygen atoms in total. The van der Waals surface area contributed by atoms with Gasteiger partial charge in [-0.3, -0.25) is 14.4 Å². The van der Waals surface area contributed by atoms with Crippen LogP contribution in [0.15, 0.2) is 12.4 Å². The van der Waals surface area contributed by atoms with E-state index >= 15 is 0 Å². The molecule has 0 radical (unpaired) electrons. The van der Waals surface area contributed by atoms with E-state index in [1.165, 1.54) is 5.56 Å². The van der Waals surface area contributed by atoms with Crippen LogP contribution in [-0.2, 0) is 18.4 Å². The number of aryl methyl sites for hydroxylation is 1. The summed E-state index contributed by atoms with van der Waals surface area (Å²) in [7, 11) is 1.95. The minimum Gasteiger partial charge on any atom is -0.349 e. The van der Waals surface area contributed by atoms with E-state index in [4.69, 9.17) is 0 Å². The first-order valence-corrected chi connectivity index (χ1v) is 7.65. The molecule has 0 unspecified atom stereocenters. The first-order valence-electron chi connectivity index (χ1n) is 7.65. The number of hydrogen-bond acceptors (Lipinski definition) is 3. The van der Waals surface area contributed by atoms with Gasteiger partial charge in [0.25, 0.3) is 0 Å². The van der Waals surface area contributed by atoms with Crippen molar-refractivity contribution in [2.75, 3.05) is 6.54 Å². The minimum atomic E-state index is 0.0201. The number of nitrogens with one attached hydrogen (secondary N) is 1. The Bertz CT molecular complexity index is 498. The number of rotatable bonds is 3. The van der Waals surface area contributed by atoms with Gasteiger partial charge in [0, 0.05) is 37.8 Å². The third-order valence-corrected chi connectivity index (χ3v) is 4.86. The molecular formula is C15H24N4O. The molecule has 1 aromatic rings. The first-order chi connectivity index (χ1) is 9.63. The molecule has 0 aliphatic carbocycles. The average Bonchev–Trinajstić information content (AvgIpc) is 2.97. The van der Waals surface area contributed by atoms with Gasteiger partial charge in [-0.15, -0.1) is 0 Å². The molecule has 110 valence electrons. The van der Waals surface area contributed by atoms with E-state index in [1.807, 2.05) is 17.9 Å². The molecule has 2 atom stereocenters. The lowest BCUT2D eigenvalue weighted by atomic mass is 9.78. The van der Waals surface area contributed by atoms with Crippen LogP contribution >= 0.6 is 0 Å². The lowest BCUT2D eigenvalue weighted by Gasteiger charge is -2.48. The zero-order chi connectivity index (χ0) is 14.2. The SMILES string of the molecule is CC[C@H]1N(Cc2cnn(C)c2)CCC[C@@]12CCC(=O)N2. The molecule has 1 N–H and O–H groups in total. The second kappa shape index (κ2) is 5.20. The zero-order valence-corrected chi connectivity index (χ0v) is 12.4. The Morgan fingerprint density at radius 3 is 2.95 bits per heavy atom. The molecule has 0 aromatic carbocycles. The molecule has 0 bridgehead atoms. The number of aromatic nitrogens is 2. The van der Waals surface area contributed by atoms with Crippen molar-refractivity contribution in [2.24, 2.45) is 7.05 Å². The molecule has 1 spiro atoms. The van der Waals surface area contributed by atoms with Crippen LogP contribution in [0.1, 0.15) is 44.6 Å². The van der Waals surface area contributed by atoms with Crippen molar-refractivity contribution in [3.8, 4) is 0 Å². The lowest BCUT2D eigenvalue weighted by Crippen LogP contribution is -2.61. The summed E-state index contributed by atoms with van der Waals surface area (Å²) in [6.45, 7) is 4.29. The van der Waals surface area contributed by atoms with Crippen LogP contribution in [-0.4, -0.2) is 38.7 Å². The fourth-order valence-electron chi connectivity index (χ4n) is 4.07. The Kier molecular flexibility index (Phi) is 3.54. The molecule has 1 aromatic heterocycles. The molecule has 1 amide bonds. The fourth-order valence-corrected chi connectivity index (χ4v) is 4.07. The predicted molar refractivity (Wildman–Crippen MR) is 77.0 cm³/mol. The van der Waals surface area contributed by atoms with Gasteiger partial charge in [-0.05, 0) is 32.2 Å². The van der Waals surface area contributed by atoms with Gasteiger partial charge in [0.2, 0.25) is 5.91 Å². The van der Waals surface area contributed by atoms with Gasteiger partial charge >= 0.3 is 0 Å². The minimum absolute atomic E-state index is 0.0201. The van der Waals surface area contributed by atoms with E-state index in [0.717, 1.165) is 38.8 Å². The number of likely N-dealkylation sites (tertiary alicyclic amines) is 1. The van der Waals surface area contributed by atoms with Crippen LogP contribution in [0.3, 0.4) is 0 Å². The fraction of sp³-hybridized carbons (Fsp3) is 0.733. The maximum Gasteiger partial charge on any atom is 0.220 e. The van der Waals surface area contributed by atoms with E-state index in [1.54, 1.807) is 0 Å². The Morgan fingerprint density at radius 1 is 1.50 bits per heavy atom. The van der Waals surface area contributed by atoms with E-state index in [0.29, 0.717) is 12.5 Å². The van der Waals surface area contributed by atoms with Crippen LogP contribution < -0.4 is 5.32 Å². The topological polar surface area (TPSA) is 50.2 Å². The molecular weight excluding hydrogens is 252 g/mol. The van der Waals surface area contributed by atoms with Gasteiger partial charge < -0.3 is 5.32 Å². The first kappa shape index (κ1) is 13.6. The van der Waals surface area contributed by atoms with Crippen molar-refractivity contribution in [3.05, 3.63) is 18.0 Å². The van der Waals surface area contributed by atoms with Gasteiger partial charge in [0.1, 0.15) is 0 Å². The summed E-state index contributed by atoms with van der Waals surface area (Å²) < 4.78 is 1.85. The van der Waals surface area contributed by atoms with E-state index in [-0.39, 0.29) is 11.4 Å².